The van der Waals surface area contributed by atoms with Crippen LogP contribution >= 0.6 is 35.3 Å². The molecule has 0 atom stereocenters. The Bertz CT molecular complexity index is 689. The predicted octanol–water partition coefficient (Wildman–Crippen LogP) is 3.65. The van der Waals surface area contributed by atoms with E-state index in [1.165, 1.54) is 0 Å². The first-order valence-corrected chi connectivity index (χ1v) is 7.89. The van der Waals surface area contributed by atoms with Gasteiger partial charge in [-0.05, 0) is 17.7 Å². The summed E-state index contributed by atoms with van der Waals surface area (Å²) in [6.45, 7) is 0.693. The lowest BCUT2D eigenvalue weighted by Crippen LogP contribution is -2.36. The Labute approximate surface area is 164 Å². The number of aromatic nitrogens is 1. The summed E-state index contributed by atoms with van der Waals surface area (Å²) < 4.78 is 42.6. The number of rotatable bonds is 5. The molecule has 0 saturated heterocycles. The highest BCUT2D eigenvalue weighted by Crippen LogP contribution is 2.29. The molecule has 0 unspecified atom stereocenters. The summed E-state index contributed by atoms with van der Waals surface area (Å²) >= 11 is 0.957. The van der Waals surface area contributed by atoms with Gasteiger partial charge in [-0.1, -0.05) is 12.1 Å². The number of nitrogens with one attached hydrogen (secondary N) is 2. The molecule has 0 aliphatic rings. The number of alkyl halides is 3. The standard InChI is InChI=1S/C15H17F3N4OS.HI/c1-19-14(20-7-10-3-5-11(23-2)6-4-10)21-8-13-22-12(9-24-13)15(16,17)18;/h3-6,9H,7-8H2,1-2H3,(H2,19,20,21);1H. The SMILES string of the molecule is CN=C(NCc1ccc(OC)cc1)NCc1nc(C(F)(F)F)cs1.I. The monoisotopic (exact) mass is 486 g/mol. The van der Waals surface area contributed by atoms with Gasteiger partial charge in [-0.2, -0.15) is 13.2 Å². The highest BCUT2D eigenvalue weighted by Gasteiger charge is 2.33. The number of thiazole rings is 1. The van der Waals surface area contributed by atoms with Crippen LogP contribution in [0.5, 0.6) is 5.75 Å². The van der Waals surface area contributed by atoms with Gasteiger partial charge in [0.15, 0.2) is 11.7 Å². The van der Waals surface area contributed by atoms with E-state index in [0.717, 1.165) is 28.0 Å². The third-order valence-corrected chi connectivity index (χ3v) is 3.94. The maximum absolute atomic E-state index is 12.5. The van der Waals surface area contributed by atoms with E-state index < -0.39 is 11.9 Å². The average Bonchev–Trinajstić information content (AvgIpc) is 3.05. The minimum atomic E-state index is -4.41. The van der Waals surface area contributed by atoms with Gasteiger partial charge >= 0.3 is 6.18 Å². The minimum absolute atomic E-state index is 0. The van der Waals surface area contributed by atoms with Crippen LogP contribution in [0.4, 0.5) is 13.2 Å². The first-order valence-electron chi connectivity index (χ1n) is 7.01. The van der Waals surface area contributed by atoms with Crippen molar-refractivity contribution < 1.29 is 17.9 Å². The maximum Gasteiger partial charge on any atom is 0.434 e. The third-order valence-electron chi connectivity index (χ3n) is 3.09. The lowest BCUT2D eigenvalue weighted by atomic mass is 10.2. The van der Waals surface area contributed by atoms with Crippen molar-refractivity contribution in [2.75, 3.05) is 14.2 Å². The van der Waals surface area contributed by atoms with Crippen molar-refractivity contribution in [2.45, 2.75) is 19.3 Å². The van der Waals surface area contributed by atoms with E-state index in [2.05, 4.69) is 20.6 Å². The third kappa shape index (κ3) is 6.69. The first kappa shape index (κ1) is 21.5. The number of hydrogen-bond acceptors (Lipinski definition) is 4. The quantitative estimate of drug-likeness (QED) is 0.385. The van der Waals surface area contributed by atoms with Gasteiger partial charge in [-0.3, -0.25) is 4.99 Å². The zero-order valence-corrected chi connectivity index (χ0v) is 16.7. The van der Waals surface area contributed by atoms with Crippen LogP contribution in [0.15, 0.2) is 34.6 Å². The minimum Gasteiger partial charge on any atom is -0.497 e. The summed E-state index contributed by atoms with van der Waals surface area (Å²) in [7, 11) is 3.19. The van der Waals surface area contributed by atoms with Gasteiger partial charge in [0.1, 0.15) is 10.8 Å². The number of aliphatic imine (C=N–C) groups is 1. The zero-order chi connectivity index (χ0) is 17.6. The second-order valence-electron chi connectivity index (χ2n) is 4.75. The number of guanidine groups is 1. The van der Waals surface area contributed by atoms with Gasteiger partial charge in [0, 0.05) is 19.0 Å². The Balaban J connectivity index is 0.00000312. The van der Waals surface area contributed by atoms with Crippen molar-refractivity contribution >= 4 is 41.3 Å². The van der Waals surface area contributed by atoms with Crippen LogP contribution in [0, 0.1) is 0 Å². The number of benzene rings is 1. The molecule has 0 amide bonds. The molecule has 0 fully saturated rings. The molecule has 10 heteroatoms. The average molecular weight is 486 g/mol. The molecular weight excluding hydrogens is 468 g/mol. The molecular formula is C15H18F3IN4OS. The molecule has 5 nitrogen and oxygen atoms in total. The Hall–Kier alpha value is -1.56. The molecule has 0 radical (unpaired) electrons. The topological polar surface area (TPSA) is 58.5 Å². The van der Waals surface area contributed by atoms with E-state index in [0.29, 0.717) is 17.5 Å². The highest BCUT2D eigenvalue weighted by atomic mass is 127. The van der Waals surface area contributed by atoms with Crippen molar-refractivity contribution in [1.29, 1.82) is 0 Å². The molecule has 2 aromatic rings. The van der Waals surface area contributed by atoms with Gasteiger partial charge in [-0.25, -0.2) is 4.98 Å². The summed E-state index contributed by atoms with van der Waals surface area (Å²) in [4.78, 5) is 7.59. The largest absolute Gasteiger partial charge is 0.497 e. The van der Waals surface area contributed by atoms with Gasteiger partial charge in [0.05, 0.1) is 13.7 Å². The fourth-order valence-corrected chi connectivity index (χ4v) is 2.57. The van der Waals surface area contributed by atoms with Gasteiger partial charge in [0.2, 0.25) is 0 Å². The van der Waals surface area contributed by atoms with Gasteiger partial charge in [0.25, 0.3) is 0 Å². The molecule has 2 N–H and O–H groups in total. The lowest BCUT2D eigenvalue weighted by molar-refractivity contribution is -0.140. The van der Waals surface area contributed by atoms with Crippen LogP contribution in [-0.4, -0.2) is 25.1 Å². The van der Waals surface area contributed by atoms with Gasteiger partial charge < -0.3 is 15.4 Å². The molecule has 0 spiro atoms. The number of hydrogen-bond donors (Lipinski definition) is 2. The highest BCUT2D eigenvalue weighted by molar-refractivity contribution is 14.0. The molecule has 2 rings (SSSR count). The molecule has 1 heterocycles. The Kier molecular flexibility index (Phi) is 8.42. The van der Waals surface area contributed by atoms with Crippen molar-refractivity contribution in [1.82, 2.24) is 15.6 Å². The Morgan fingerprint density at radius 2 is 1.84 bits per heavy atom. The van der Waals surface area contributed by atoms with Crippen molar-refractivity contribution in [3.05, 3.63) is 45.9 Å². The van der Waals surface area contributed by atoms with Crippen LogP contribution in [0.3, 0.4) is 0 Å². The summed E-state index contributed by atoms with van der Waals surface area (Å²) in [6, 6.07) is 7.52. The van der Waals surface area contributed by atoms with E-state index in [9.17, 15) is 13.2 Å². The Morgan fingerprint density at radius 3 is 2.36 bits per heavy atom. The van der Waals surface area contributed by atoms with Crippen molar-refractivity contribution in [3.8, 4) is 5.75 Å². The van der Waals surface area contributed by atoms with E-state index in [1.54, 1.807) is 14.2 Å². The van der Waals surface area contributed by atoms with Crippen LogP contribution in [0.25, 0.3) is 0 Å². The normalized spacial score (nSPS) is 11.6. The van der Waals surface area contributed by atoms with Crippen molar-refractivity contribution in [2.24, 2.45) is 4.99 Å². The number of methoxy groups -OCH3 is 1. The lowest BCUT2D eigenvalue weighted by Gasteiger charge is -2.11. The van der Waals surface area contributed by atoms with E-state index >= 15 is 0 Å². The molecule has 1 aromatic carbocycles. The Morgan fingerprint density at radius 1 is 1.20 bits per heavy atom. The molecule has 25 heavy (non-hydrogen) atoms. The molecule has 0 aliphatic carbocycles. The van der Waals surface area contributed by atoms with Crippen LogP contribution in [0.1, 0.15) is 16.3 Å². The molecule has 0 bridgehead atoms. The van der Waals surface area contributed by atoms with E-state index in [1.807, 2.05) is 24.3 Å². The zero-order valence-electron chi connectivity index (χ0n) is 13.6. The summed E-state index contributed by atoms with van der Waals surface area (Å²) in [5.74, 6) is 1.25. The predicted molar refractivity (Wildman–Crippen MR) is 103 cm³/mol. The number of ether oxygens (including phenoxy) is 1. The van der Waals surface area contributed by atoms with E-state index in [-0.39, 0.29) is 30.5 Å². The summed E-state index contributed by atoms with van der Waals surface area (Å²) in [5, 5.41) is 7.37. The fourth-order valence-electron chi connectivity index (χ4n) is 1.83. The molecule has 138 valence electrons. The van der Waals surface area contributed by atoms with Crippen LogP contribution in [0.2, 0.25) is 0 Å². The summed E-state index contributed by atoms with van der Waals surface area (Å²) in [5.41, 5.74) is 0.151. The fraction of sp³-hybridized carbons (Fsp3) is 0.333. The molecule has 1 aromatic heterocycles. The van der Waals surface area contributed by atoms with Crippen LogP contribution < -0.4 is 15.4 Å². The maximum atomic E-state index is 12.5. The number of halogens is 4. The van der Waals surface area contributed by atoms with Crippen LogP contribution in [-0.2, 0) is 19.3 Å². The van der Waals surface area contributed by atoms with E-state index in [4.69, 9.17) is 4.74 Å². The first-order chi connectivity index (χ1) is 11.4. The van der Waals surface area contributed by atoms with Gasteiger partial charge in [-0.15, -0.1) is 35.3 Å². The smallest absolute Gasteiger partial charge is 0.434 e. The second-order valence-corrected chi connectivity index (χ2v) is 5.69. The van der Waals surface area contributed by atoms with Crippen molar-refractivity contribution in [3.63, 3.8) is 0 Å². The molecule has 0 saturated carbocycles. The second kappa shape index (κ2) is 9.80. The summed E-state index contributed by atoms with van der Waals surface area (Å²) in [6.07, 6.45) is -4.41. The number of nitrogens with zero attached hydrogens (tertiary/aromatic N) is 2. The molecule has 0 aliphatic heterocycles.